The van der Waals surface area contributed by atoms with Crippen molar-refractivity contribution in [3.05, 3.63) is 76.6 Å². The second-order valence-electron chi connectivity index (χ2n) is 6.52. The molecule has 4 nitrogen and oxygen atoms in total. The summed E-state index contributed by atoms with van der Waals surface area (Å²) in [6, 6.07) is 10.2. The van der Waals surface area contributed by atoms with Crippen LogP contribution in [0.4, 0.5) is 18.9 Å². The molecule has 2 aromatic carbocycles. The van der Waals surface area contributed by atoms with E-state index in [4.69, 9.17) is 0 Å². The van der Waals surface area contributed by atoms with Crippen molar-refractivity contribution in [3.63, 3.8) is 0 Å². The molecule has 1 aliphatic rings. The molecule has 1 N–H and O–H groups in total. The number of hydrogen-bond donors (Lipinski definition) is 1. The number of carbonyl (C=O) groups is 2. The lowest BCUT2D eigenvalue weighted by atomic mass is 9.92. The molecule has 1 unspecified atom stereocenters. The zero-order chi connectivity index (χ0) is 20.6. The SMILES string of the molecule is CCC(=O)C1=C(O)C(=O)N(c2cccc(C(F)(F)F)c2)C1c1ccccc1C. The van der Waals surface area contributed by atoms with E-state index in [0.29, 0.717) is 5.56 Å². The number of benzene rings is 2. The molecule has 146 valence electrons. The number of Topliss-reactive ketones (excluding diaryl/α,β-unsaturated/α-hetero) is 1. The Labute approximate surface area is 159 Å². The number of hydrogen-bond acceptors (Lipinski definition) is 3. The number of aliphatic hydroxyl groups is 1. The summed E-state index contributed by atoms with van der Waals surface area (Å²) in [5, 5.41) is 10.4. The molecule has 1 aliphatic heterocycles. The van der Waals surface area contributed by atoms with Crippen LogP contribution in [0.5, 0.6) is 0 Å². The zero-order valence-electron chi connectivity index (χ0n) is 15.2. The highest BCUT2D eigenvalue weighted by molar-refractivity contribution is 6.16. The van der Waals surface area contributed by atoms with E-state index in [1.54, 1.807) is 38.1 Å². The van der Waals surface area contributed by atoms with Gasteiger partial charge in [0.2, 0.25) is 0 Å². The summed E-state index contributed by atoms with van der Waals surface area (Å²) in [5.41, 5.74) is 0.247. The molecule has 7 heteroatoms. The van der Waals surface area contributed by atoms with Crippen LogP contribution < -0.4 is 4.90 Å². The summed E-state index contributed by atoms with van der Waals surface area (Å²) >= 11 is 0. The third-order valence-corrected chi connectivity index (χ3v) is 4.76. The van der Waals surface area contributed by atoms with Gasteiger partial charge in [-0.25, -0.2) is 0 Å². The van der Waals surface area contributed by atoms with Gasteiger partial charge in [-0.3, -0.25) is 14.5 Å². The van der Waals surface area contributed by atoms with Gasteiger partial charge >= 0.3 is 6.18 Å². The molecule has 0 radical (unpaired) electrons. The monoisotopic (exact) mass is 389 g/mol. The number of aliphatic hydroxyl groups excluding tert-OH is 1. The minimum absolute atomic E-state index is 0.0430. The fraction of sp³-hybridized carbons (Fsp3) is 0.238. The molecule has 0 fully saturated rings. The molecule has 0 saturated heterocycles. The van der Waals surface area contributed by atoms with E-state index in [0.717, 1.165) is 22.6 Å². The van der Waals surface area contributed by atoms with Crippen molar-refractivity contribution < 1.29 is 27.9 Å². The lowest BCUT2D eigenvalue weighted by Crippen LogP contribution is -2.31. The number of rotatable bonds is 4. The van der Waals surface area contributed by atoms with Gasteiger partial charge in [-0.1, -0.05) is 37.3 Å². The van der Waals surface area contributed by atoms with E-state index in [1.165, 1.54) is 12.1 Å². The number of halogens is 3. The molecule has 0 aliphatic carbocycles. The molecule has 3 rings (SSSR count). The van der Waals surface area contributed by atoms with Crippen molar-refractivity contribution >= 4 is 17.4 Å². The Morgan fingerprint density at radius 2 is 1.82 bits per heavy atom. The summed E-state index contributed by atoms with van der Waals surface area (Å²) in [7, 11) is 0. The van der Waals surface area contributed by atoms with Crippen LogP contribution in [0.3, 0.4) is 0 Å². The number of ketones is 1. The standard InChI is InChI=1S/C21H18F3NO3/c1-3-16(26)17-18(15-10-5-4-7-12(15)2)25(20(28)19(17)27)14-9-6-8-13(11-14)21(22,23)24/h4-11,18,27H,3H2,1-2H3. The smallest absolute Gasteiger partial charge is 0.416 e. The number of aryl methyl sites for hydroxylation is 1. The molecule has 1 amide bonds. The quantitative estimate of drug-likeness (QED) is 0.810. The highest BCUT2D eigenvalue weighted by Crippen LogP contribution is 2.43. The van der Waals surface area contributed by atoms with Gasteiger partial charge in [-0.2, -0.15) is 13.2 Å². The largest absolute Gasteiger partial charge is 0.503 e. The molecule has 1 heterocycles. The molecule has 2 aromatic rings. The number of carbonyl (C=O) groups excluding carboxylic acids is 2. The Morgan fingerprint density at radius 1 is 1.14 bits per heavy atom. The van der Waals surface area contributed by atoms with E-state index < -0.39 is 35.2 Å². The van der Waals surface area contributed by atoms with Crippen LogP contribution in [-0.4, -0.2) is 16.8 Å². The van der Waals surface area contributed by atoms with Crippen LogP contribution in [0.15, 0.2) is 59.9 Å². The molecule has 0 spiro atoms. The highest BCUT2D eigenvalue weighted by atomic mass is 19.4. The fourth-order valence-corrected chi connectivity index (χ4v) is 3.37. The van der Waals surface area contributed by atoms with Crippen LogP contribution in [0.25, 0.3) is 0 Å². The van der Waals surface area contributed by atoms with Gasteiger partial charge in [0.25, 0.3) is 5.91 Å². The van der Waals surface area contributed by atoms with Crippen LogP contribution in [0.2, 0.25) is 0 Å². The van der Waals surface area contributed by atoms with Gasteiger partial charge in [-0.15, -0.1) is 0 Å². The first kappa shape index (κ1) is 19.7. The summed E-state index contributed by atoms with van der Waals surface area (Å²) in [5.74, 6) is -2.06. The van der Waals surface area contributed by atoms with Gasteiger partial charge in [-0.05, 0) is 36.2 Å². The summed E-state index contributed by atoms with van der Waals surface area (Å²) in [6.45, 7) is 3.36. The molecular formula is C21H18F3NO3. The normalized spacial score (nSPS) is 17.4. The van der Waals surface area contributed by atoms with Crippen molar-refractivity contribution in [3.8, 4) is 0 Å². The van der Waals surface area contributed by atoms with Crippen molar-refractivity contribution in [1.82, 2.24) is 0 Å². The Bertz CT molecular complexity index is 979. The number of anilines is 1. The van der Waals surface area contributed by atoms with Crippen LogP contribution in [0, 0.1) is 6.92 Å². The molecule has 1 atom stereocenters. The Hall–Kier alpha value is -3.09. The van der Waals surface area contributed by atoms with Crippen molar-refractivity contribution in [2.75, 3.05) is 4.90 Å². The van der Waals surface area contributed by atoms with E-state index in [-0.39, 0.29) is 17.7 Å². The lowest BCUT2D eigenvalue weighted by Gasteiger charge is -2.28. The number of alkyl halides is 3. The topological polar surface area (TPSA) is 57.6 Å². The predicted octanol–water partition coefficient (Wildman–Crippen LogP) is 4.89. The second kappa shape index (κ2) is 7.14. The third-order valence-electron chi connectivity index (χ3n) is 4.76. The van der Waals surface area contributed by atoms with Gasteiger partial charge in [0.15, 0.2) is 11.5 Å². The van der Waals surface area contributed by atoms with Gasteiger partial charge in [0.05, 0.1) is 17.2 Å². The molecule has 0 bridgehead atoms. The highest BCUT2D eigenvalue weighted by Gasteiger charge is 2.44. The first-order chi connectivity index (χ1) is 13.2. The van der Waals surface area contributed by atoms with Crippen LogP contribution in [-0.2, 0) is 15.8 Å². The summed E-state index contributed by atoms with van der Waals surface area (Å²) in [6.07, 6.45) is -4.54. The number of nitrogens with zero attached hydrogens (tertiary/aromatic N) is 1. The first-order valence-electron chi connectivity index (χ1n) is 8.69. The van der Waals surface area contributed by atoms with Gasteiger partial charge in [0, 0.05) is 12.1 Å². The van der Waals surface area contributed by atoms with E-state index in [9.17, 15) is 27.9 Å². The zero-order valence-corrected chi connectivity index (χ0v) is 15.2. The van der Waals surface area contributed by atoms with Crippen molar-refractivity contribution in [2.24, 2.45) is 0 Å². The van der Waals surface area contributed by atoms with Gasteiger partial charge in [0.1, 0.15) is 0 Å². The maximum Gasteiger partial charge on any atom is 0.416 e. The fourth-order valence-electron chi connectivity index (χ4n) is 3.37. The molecule has 28 heavy (non-hydrogen) atoms. The maximum absolute atomic E-state index is 13.2. The maximum atomic E-state index is 13.2. The summed E-state index contributed by atoms with van der Waals surface area (Å²) in [4.78, 5) is 26.3. The minimum Gasteiger partial charge on any atom is -0.503 e. The molecule has 0 aromatic heterocycles. The second-order valence-corrected chi connectivity index (χ2v) is 6.52. The summed E-state index contributed by atoms with van der Waals surface area (Å²) < 4.78 is 39.5. The Balaban J connectivity index is 2.22. The van der Waals surface area contributed by atoms with Gasteiger partial charge < -0.3 is 5.11 Å². The van der Waals surface area contributed by atoms with Crippen molar-refractivity contribution in [2.45, 2.75) is 32.5 Å². The lowest BCUT2D eigenvalue weighted by molar-refractivity contribution is -0.137. The molecule has 0 saturated carbocycles. The first-order valence-corrected chi connectivity index (χ1v) is 8.69. The van der Waals surface area contributed by atoms with Crippen LogP contribution >= 0.6 is 0 Å². The Morgan fingerprint density at radius 3 is 2.43 bits per heavy atom. The number of amides is 1. The molecular weight excluding hydrogens is 371 g/mol. The Kier molecular flexibility index (Phi) is 5.02. The van der Waals surface area contributed by atoms with E-state index in [2.05, 4.69) is 0 Å². The van der Waals surface area contributed by atoms with E-state index in [1.807, 2.05) is 0 Å². The minimum atomic E-state index is -4.59. The average molecular weight is 389 g/mol. The van der Waals surface area contributed by atoms with Crippen molar-refractivity contribution in [1.29, 1.82) is 0 Å². The van der Waals surface area contributed by atoms with Crippen LogP contribution in [0.1, 0.15) is 36.1 Å². The third kappa shape index (κ3) is 3.28. The van der Waals surface area contributed by atoms with E-state index >= 15 is 0 Å². The average Bonchev–Trinajstić information content (AvgIpc) is 2.92. The predicted molar refractivity (Wildman–Crippen MR) is 97.8 cm³/mol.